The third-order valence-corrected chi connectivity index (χ3v) is 3.18. The number of anilines is 2. The van der Waals surface area contributed by atoms with Gasteiger partial charge in [-0.05, 0) is 13.0 Å². The van der Waals surface area contributed by atoms with Gasteiger partial charge in [-0.3, -0.25) is 4.79 Å². The quantitative estimate of drug-likeness (QED) is 0.789. The zero-order valence-corrected chi connectivity index (χ0v) is 10.1. The van der Waals surface area contributed by atoms with Crippen LogP contribution >= 0.6 is 0 Å². The molecule has 19 heavy (non-hydrogen) atoms. The lowest BCUT2D eigenvalue weighted by molar-refractivity contribution is 0.111. The van der Waals surface area contributed by atoms with Crippen LogP contribution in [0, 0.1) is 5.82 Å². The van der Waals surface area contributed by atoms with Gasteiger partial charge in [-0.2, -0.15) is 0 Å². The van der Waals surface area contributed by atoms with E-state index in [1.54, 1.807) is 4.90 Å². The van der Waals surface area contributed by atoms with Crippen LogP contribution in [0.1, 0.15) is 17.3 Å². The van der Waals surface area contributed by atoms with E-state index in [2.05, 4.69) is 15.3 Å². The van der Waals surface area contributed by atoms with E-state index in [-0.39, 0.29) is 11.3 Å². The number of carbonyl (C=O) groups excluding carboxylic acids is 1. The van der Waals surface area contributed by atoms with Crippen LogP contribution in [0.2, 0.25) is 0 Å². The van der Waals surface area contributed by atoms with Crippen molar-refractivity contribution in [2.75, 3.05) is 16.8 Å². The van der Waals surface area contributed by atoms with E-state index < -0.39 is 12.2 Å². The third kappa shape index (κ3) is 1.55. The highest BCUT2D eigenvalue weighted by atomic mass is 19.1. The Labute approximate surface area is 107 Å². The van der Waals surface area contributed by atoms with Crippen LogP contribution in [0.4, 0.5) is 15.9 Å². The maximum absolute atomic E-state index is 14.1. The number of nitrogens with zero attached hydrogens (tertiary/aromatic N) is 3. The highest BCUT2D eigenvalue weighted by molar-refractivity contribution is 6.04. The fraction of sp³-hybridized carbons (Fsp3) is 0.250. The van der Waals surface area contributed by atoms with Crippen molar-refractivity contribution < 1.29 is 14.3 Å². The van der Waals surface area contributed by atoms with Crippen molar-refractivity contribution in [2.24, 2.45) is 0 Å². The number of aliphatic hydroxyl groups excluding tert-OH is 1. The van der Waals surface area contributed by atoms with Gasteiger partial charge in [0.05, 0.1) is 22.2 Å². The zero-order valence-electron chi connectivity index (χ0n) is 10.1. The number of benzene rings is 1. The SMILES string of the molecule is CCN1c2ncnc3cc(C=O)c(F)c(c23)NC1O. The first-order valence-corrected chi connectivity index (χ1v) is 5.81. The van der Waals surface area contributed by atoms with Crippen LogP contribution in [-0.2, 0) is 0 Å². The van der Waals surface area contributed by atoms with Crippen LogP contribution in [0.15, 0.2) is 12.4 Å². The Morgan fingerprint density at radius 1 is 1.58 bits per heavy atom. The van der Waals surface area contributed by atoms with Crippen molar-refractivity contribution in [1.29, 1.82) is 0 Å². The Bertz CT molecular complexity index is 676. The number of carbonyl (C=O) groups is 1. The molecule has 98 valence electrons. The molecule has 1 atom stereocenters. The minimum atomic E-state index is -1.09. The summed E-state index contributed by atoms with van der Waals surface area (Å²) < 4.78 is 14.1. The molecule has 0 aliphatic carbocycles. The number of aldehydes is 1. The monoisotopic (exact) mass is 262 g/mol. The molecule has 0 saturated carbocycles. The molecule has 1 aromatic carbocycles. The highest BCUT2D eigenvalue weighted by Crippen LogP contribution is 2.37. The average molecular weight is 262 g/mol. The van der Waals surface area contributed by atoms with Crippen LogP contribution < -0.4 is 10.2 Å². The molecule has 0 radical (unpaired) electrons. The molecule has 1 aliphatic rings. The van der Waals surface area contributed by atoms with E-state index in [1.165, 1.54) is 12.4 Å². The van der Waals surface area contributed by atoms with Crippen LogP contribution in [0.3, 0.4) is 0 Å². The number of rotatable bonds is 2. The maximum Gasteiger partial charge on any atom is 0.206 e. The summed E-state index contributed by atoms with van der Waals surface area (Å²) in [5, 5.41) is 13.1. The molecule has 0 amide bonds. The normalized spacial score (nSPS) is 17.4. The number of halogens is 1. The van der Waals surface area contributed by atoms with Gasteiger partial charge in [0.25, 0.3) is 0 Å². The molecule has 0 saturated heterocycles. The van der Waals surface area contributed by atoms with Gasteiger partial charge in [0, 0.05) is 6.54 Å². The van der Waals surface area contributed by atoms with Crippen molar-refractivity contribution in [3.8, 4) is 0 Å². The third-order valence-electron chi connectivity index (χ3n) is 3.18. The molecule has 2 aromatic rings. The molecule has 6 nitrogen and oxygen atoms in total. The summed E-state index contributed by atoms with van der Waals surface area (Å²) in [7, 11) is 0. The van der Waals surface area contributed by atoms with Crippen molar-refractivity contribution in [2.45, 2.75) is 13.3 Å². The van der Waals surface area contributed by atoms with Crippen LogP contribution in [0.25, 0.3) is 10.9 Å². The molecule has 2 heterocycles. The van der Waals surface area contributed by atoms with Gasteiger partial charge in [0.2, 0.25) is 6.35 Å². The summed E-state index contributed by atoms with van der Waals surface area (Å²) >= 11 is 0. The highest BCUT2D eigenvalue weighted by Gasteiger charge is 2.29. The summed E-state index contributed by atoms with van der Waals surface area (Å²) in [5.74, 6) is -0.251. The average Bonchev–Trinajstić information content (AvgIpc) is 2.42. The van der Waals surface area contributed by atoms with Gasteiger partial charge in [-0.15, -0.1) is 0 Å². The lowest BCUT2D eigenvalue weighted by Gasteiger charge is -2.34. The van der Waals surface area contributed by atoms with E-state index in [9.17, 15) is 14.3 Å². The van der Waals surface area contributed by atoms with Gasteiger partial charge >= 0.3 is 0 Å². The first kappa shape index (κ1) is 11.8. The zero-order chi connectivity index (χ0) is 13.6. The maximum atomic E-state index is 14.1. The van der Waals surface area contributed by atoms with Crippen molar-refractivity contribution in [1.82, 2.24) is 9.97 Å². The largest absolute Gasteiger partial charge is 0.356 e. The predicted molar refractivity (Wildman–Crippen MR) is 67.5 cm³/mol. The molecule has 2 N–H and O–H groups in total. The van der Waals surface area contributed by atoms with E-state index in [0.29, 0.717) is 29.6 Å². The van der Waals surface area contributed by atoms with Gasteiger partial charge < -0.3 is 15.3 Å². The summed E-state index contributed by atoms with van der Waals surface area (Å²) in [4.78, 5) is 20.6. The Morgan fingerprint density at radius 2 is 2.37 bits per heavy atom. The minimum Gasteiger partial charge on any atom is -0.356 e. The number of hydrogen-bond acceptors (Lipinski definition) is 6. The Hall–Kier alpha value is -2.28. The molecular weight excluding hydrogens is 251 g/mol. The van der Waals surface area contributed by atoms with Crippen molar-refractivity contribution >= 4 is 28.7 Å². The van der Waals surface area contributed by atoms with Gasteiger partial charge in [0.15, 0.2) is 12.1 Å². The minimum absolute atomic E-state index is 0.0624. The van der Waals surface area contributed by atoms with Crippen molar-refractivity contribution in [3.05, 3.63) is 23.8 Å². The van der Waals surface area contributed by atoms with Gasteiger partial charge in [0.1, 0.15) is 12.1 Å². The van der Waals surface area contributed by atoms with Crippen LogP contribution in [-0.4, -0.2) is 34.3 Å². The first-order chi connectivity index (χ1) is 9.17. The number of aromatic nitrogens is 2. The fourth-order valence-corrected chi connectivity index (χ4v) is 2.29. The Balaban J connectivity index is 2.41. The molecule has 1 aromatic heterocycles. The molecule has 0 spiro atoms. The lowest BCUT2D eigenvalue weighted by Crippen LogP contribution is -2.44. The van der Waals surface area contributed by atoms with E-state index >= 15 is 0 Å². The standard InChI is InChI=1S/C12H11FN4O2/c1-2-17-11-8-7(14-5-15-11)3-6(4-18)9(13)10(8)16-12(17)19/h3-5,12,16,19H,2H2,1H3. The summed E-state index contributed by atoms with van der Waals surface area (Å²) in [5.41, 5.74) is 0.422. The Morgan fingerprint density at radius 3 is 3.05 bits per heavy atom. The van der Waals surface area contributed by atoms with Gasteiger partial charge in [-0.1, -0.05) is 0 Å². The predicted octanol–water partition coefficient (Wildman–Crippen LogP) is 1.11. The summed E-state index contributed by atoms with van der Waals surface area (Å²) in [6.07, 6.45) is 0.661. The number of aliphatic hydroxyl groups is 1. The van der Waals surface area contributed by atoms with E-state index in [4.69, 9.17) is 0 Å². The molecule has 1 aliphatic heterocycles. The fourth-order valence-electron chi connectivity index (χ4n) is 2.29. The second-order valence-corrected chi connectivity index (χ2v) is 4.17. The topological polar surface area (TPSA) is 78.4 Å². The summed E-state index contributed by atoms with van der Waals surface area (Å²) in [6, 6.07) is 1.37. The molecule has 0 fully saturated rings. The molecule has 3 rings (SSSR count). The lowest BCUT2D eigenvalue weighted by atomic mass is 10.1. The Kier molecular flexibility index (Phi) is 2.56. The van der Waals surface area contributed by atoms with E-state index in [1.807, 2.05) is 6.92 Å². The smallest absolute Gasteiger partial charge is 0.206 e. The number of nitrogens with one attached hydrogen (secondary N) is 1. The second kappa shape index (κ2) is 4.13. The first-order valence-electron chi connectivity index (χ1n) is 5.81. The van der Waals surface area contributed by atoms with E-state index in [0.717, 1.165) is 0 Å². The molecular formula is C12H11FN4O2. The number of hydrogen-bond donors (Lipinski definition) is 2. The van der Waals surface area contributed by atoms with Crippen molar-refractivity contribution in [3.63, 3.8) is 0 Å². The van der Waals surface area contributed by atoms with Crippen LogP contribution in [0.5, 0.6) is 0 Å². The second-order valence-electron chi connectivity index (χ2n) is 4.17. The molecule has 7 heteroatoms. The summed E-state index contributed by atoms with van der Waals surface area (Å²) in [6.45, 7) is 2.34. The molecule has 1 unspecified atom stereocenters. The van der Waals surface area contributed by atoms with Gasteiger partial charge in [-0.25, -0.2) is 14.4 Å². The molecule has 0 bridgehead atoms.